The number of urea groups is 1. The van der Waals surface area contributed by atoms with E-state index in [0.29, 0.717) is 31.2 Å². The topological polar surface area (TPSA) is 52.7 Å². The van der Waals surface area contributed by atoms with Gasteiger partial charge in [-0.25, -0.2) is 4.79 Å². The number of imide groups is 1. The predicted molar refractivity (Wildman–Crippen MR) is 77.5 cm³/mol. The van der Waals surface area contributed by atoms with Crippen LogP contribution in [-0.4, -0.2) is 47.9 Å². The Morgan fingerprint density at radius 3 is 2.80 bits per heavy atom. The van der Waals surface area contributed by atoms with Gasteiger partial charge in [0.1, 0.15) is 0 Å². The van der Waals surface area contributed by atoms with Gasteiger partial charge in [-0.2, -0.15) is 0 Å². The lowest BCUT2D eigenvalue weighted by molar-refractivity contribution is -0.128. The Hall–Kier alpha value is -1.59. The van der Waals surface area contributed by atoms with Crippen LogP contribution >= 0.6 is 11.6 Å². The predicted octanol–water partition coefficient (Wildman–Crippen LogP) is 1.71. The van der Waals surface area contributed by atoms with E-state index in [4.69, 9.17) is 11.6 Å². The molecule has 0 saturated carbocycles. The van der Waals surface area contributed by atoms with Crippen LogP contribution in [0.25, 0.3) is 0 Å². The fourth-order valence-electron chi connectivity index (χ4n) is 2.13. The van der Waals surface area contributed by atoms with Crippen molar-refractivity contribution in [2.45, 2.75) is 13.5 Å². The van der Waals surface area contributed by atoms with E-state index in [1.165, 1.54) is 4.90 Å². The maximum Gasteiger partial charge on any atom is 0.324 e. The van der Waals surface area contributed by atoms with E-state index in [0.717, 1.165) is 5.56 Å². The van der Waals surface area contributed by atoms with Gasteiger partial charge in [-0.1, -0.05) is 36.7 Å². The molecule has 0 radical (unpaired) electrons. The number of benzene rings is 1. The summed E-state index contributed by atoms with van der Waals surface area (Å²) in [7, 11) is 0. The molecule has 1 N–H and O–H groups in total. The summed E-state index contributed by atoms with van der Waals surface area (Å²) >= 11 is 6.13. The molecule has 1 fully saturated rings. The second kappa shape index (κ2) is 6.72. The number of amides is 3. The van der Waals surface area contributed by atoms with Crippen molar-refractivity contribution in [3.8, 4) is 0 Å². The third kappa shape index (κ3) is 3.49. The largest absolute Gasteiger partial charge is 0.336 e. The lowest BCUT2D eigenvalue weighted by Gasteiger charge is -2.22. The molecule has 0 aromatic heterocycles. The summed E-state index contributed by atoms with van der Waals surface area (Å²) in [5, 5.41) is 3.32. The summed E-state index contributed by atoms with van der Waals surface area (Å²) < 4.78 is 0. The summed E-state index contributed by atoms with van der Waals surface area (Å²) in [6.07, 6.45) is 0. The van der Waals surface area contributed by atoms with Crippen LogP contribution in [0.5, 0.6) is 0 Å². The molecule has 108 valence electrons. The minimum absolute atomic E-state index is 0.172. The van der Waals surface area contributed by atoms with Crippen molar-refractivity contribution in [1.29, 1.82) is 0 Å². The molecule has 1 saturated heterocycles. The molecule has 1 aromatic rings. The third-order valence-electron chi connectivity index (χ3n) is 3.32. The van der Waals surface area contributed by atoms with Crippen LogP contribution in [0.3, 0.4) is 0 Å². The number of nitrogens with zero attached hydrogens (tertiary/aromatic N) is 2. The number of carbonyl (C=O) groups is 2. The first kappa shape index (κ1) is 14.8. The van der Waals surface area contributed by atoms with Gasteiger partial charge in [0.2, 0.25) is 5.91 Å². The Morgan fingerprint density at radius 1 is 1.45 bits per heavy atom. The van der Waals surface area contributed by atoms with E-state index in [2.05, 4.69) is 5.32 Å². The van der Waals surface area contributed by atoms with Gasteiger partial charge >= 0.3 is 6.03 Å². The van der Waals surface area contributed by atoms with Crippen molar-refractivity contribution in [1.82, 2.24) is 15.1 Å². The molecule has 1 aliphatic heterocycles. The van der Waals surface area contributed by atoms with E-state index < -0.39 is 0 Å². The van der Waals surface area contributed by atoms with E-state index in [1.807, 2.05) is 36.1 Å². The minimum atomic E-state index is -0.302. The van der Waals surface area contributed by atoms with Crippen molar-refractivity contribution in [2.75, 3.05) is 26.2 Å². The molecule has 2 rings (SSSR count). The average Bonchev–Trinajstić information content (AvgIpc) is 2.86. The van der Waals surface area contributed by atoms with Crippen LogP contribution < -0.4 is 5.32 Å². The van der Waals surface area contributed by atoms with Crippen molar-refractivity contribution < 1.29 is 9.59 Å². The molecule has 0 bridgehead atoms. The van der Waals surface area contributed by atoms with Gasteiger partial charge in [-0.05, 0) is 18.2 Å². The monoisotopic (exact) mass is 295 g/mol. The van der Waals surface area contributed by atoms with Gasteiger partial charge in [0.25, 0.3) is 0 Å². The fourth-order valence-corrected chi connectivity index (χ4v) is 2.33. The standard InChI is InChI=1S/C14H18ClN3O2/c1-2-17(9-11-5-3-4-6-12(11)15)10-13(19)18-8-7-16-14(18)20/h3-6H,2,7-10H2,1H3,(H,16,20). The number of halogens is 1. The molecule has 0 unspecified atom stereocenters. The molecule has 0 atom stereocenters. The zero-order valence-corrected chi connectivity index (χ0v) is 12.2. The first-order valence-corrected chi connectivity index (χ1v) is 7.03. The Balaban J connectivity index is 1.97. The maximum atomic E-state index is 12.1. The Labute approximate surface area is 123 Å². The number of carbonyl (C=O) groups excluding carboxylic acids is 2. The third-order valence-corrected chi connectivity index (χ3v) is 3.68. The normalized spacial score (nSPS) is 14.8. The summed E-state index contributed by atoms with van der Waals surface area (Å²) in [6, 6.07) is 7.27. The van der Waals surface area contributed by atoms with Crippen molar-refractivity contribution in [3.63, 3.8) is 0 Å². The second-order valence-corrected chi connectivity index (χ2v) is 5.08. The molecule has 0 aliphatic carbocycles. The SMILES string of the molecule is CCN(CC(=O)N1CCNC1=O)Cc1ccccc1Cl. The number of rotatable bonds is 5. The van der Waals surface area contributed by atoms with Crippen LogP contribution in [0.2, 0.25) is 5.02 Å². The molecular weight excluding hydrogens is 278 g/mol. The zero-order chi connectivity index (χ0) is 14.5. The Morgan fingerprint density at radius 2 is 2.20 bits per heavy atom. The van der Waals surface area contributed by atoms with Crippen LogP contribution in [0.4, 0.5) is 4.79 Å². The first-order chi connectivity index (χ1) is 9.61. The molecule has 5 nitrogen and oxygen atoms in total. The summed E-state index contributed by atoms with van der Waals surface area (Å²) in [5.41, 5.74) is 0.981. The highest BCUT2D eigenvalue weighted by atomic mass is 35.5. The smallest absolute Gasteiger partial charge is 0.324 e. The summed E-state index contributed by atoms with van der Waals surface area (Å²) in [6.45, 7) is 4.48. The quantitative estimate of drug-likeness (QED) is 0.900. The first-order valence-electron chi connectivity index (χ1n) is 6.65. The molecule has 20 heavy (non-hydrogen) atoms. The molecular formula is C14H18ClN3O2. The van der Waals surface area contributed by atoms with Crippen LogP contribution in [-0.2, 0) is 11.3 Å². The van der Waals surface area contributed by atoms with Gasteiger partial charge in [-0.3, -0.25) is 14.6 Å². The van der Waals surface area contributed by atoms with Gasteiger partial charge in [0, 0.05) is 24.7 Å². The van der Waals surface area contributed by atoms with Gasteiger partial charge < -0.3 is 5.32 Å². The van der Waals surface area contributed by atoms with E-state index in [9.17, 15) is 9.59 Å². The minimum Gasteiger partial charge on any atom is -0.336 e. The lowest BCUT2D eigenvalue weighted by Crippen LogP contribution is -2.41. The highest BCUT2D eigenvalue weighted by Gasteiger charge is 2.27. The fraction of sp³-hybridized carbons (Fsp3) is 0.429. The number of hydrogen-bond donors (Lipinski definition) is 1. The van der Waals surface area contributed by atoms with Crippen LogP contribution in [0, 0.1) is 0 Å². The van der Waals surface area contributed by atoms with Crippen LogP contribution in [0.15, 0.2) is 24.3 Å². The molecule has 1 heterocycles. The van der Waals surface area contributed by atoms with E-state index >= 15 is 0 Å². The molecule has 1 aliphatic rings. The Kier molecular flexibility index (Phi) is 4.98. The van der Waals surface area contributed by atoms with Gasteiger partial charge in [0.05, 0.1) is 6.54 Å². The highest BCUT2D eigenvalue weighted by molar-refractivity contribution is 6.31. The Bertz CT molecular complexity index is 507. The van der Waals surface area contributed by atoms with Crippen molar-refractivity contribution in [3.05, 3.63) is 34.9 Å². The molecule has 1 aromatic carbocycles. The van der Waals surface area contributed by atoms with E-state index in [-0.39, 0.29) is 18.5 Å². The van der Waals surface area contributed by atoms with Gasteiger partial charge in [0.15, 0.2) is 0 Å². The maximum absolute atomic E-state index is 12.1. The van der Waals surface area contributed by atoms with Crippen molar-refractivity contribution in [2.24, 2.45) is 0 Å². The number of hydrogen-bond acceptors (Lipinski definition) is 3. The molecule has 3 amide bonds. The lowest BCUT2D eigenvalue weighted by atomic mass is 10.2. The highest BCUT2D eigenvalue weighted by Crippen LogP contribution is 2.17. The molecule has 6 heteroatoms. The average molecular weight is 296 g/mol. The summed E-state index contributed by atoms with van der Waals surface area (Å²) in [4.78, 5) is 26.8. The molecule has 0 spiro atoms. The van der Waals surface area contributed by atoms with Gasteiger partial charge in [-0.15, -0.1) is 0 Å². The zero-order valence-electron chi connectivity index (χ0n) is 11.4. The van der Waals surface area contributed by atoms with Crippen molar-refractivity contribution >= 4 is 23.5 Å². The summed E-state index contributed by atoms with van der Waals surface area (Å²) in [5.74, 6) is -0.172. The number of likely N-dealkylation sites (N-methyl/N-ethyl adjacent to an activating group) is 1. The van der Waals surface area contributed by atoms with Crippen LogP contribution in [0.1, 0.15) is 12.5 Å². The van der Waals surface area contributed by atoms with E-state index in [1.54, 1.807) is 0 Å². The second-order valence-electron chi connectivity index (χ2n) is 4.67. The number of nitrogens with one attached hydrogen (secondary N) is 1.